The van der Waals surface area contributed by atoms with Gasteiger partial charge in [-0.2, -0.15) is 0 Å². The van der Waals surface area contributed by atoms with Crippen LogP contribution in [0.2, 0.25) is 0 Å². The van der Waals surface area contributed by atoms with Crippen LogP contribution in [0, 0.1) is 11.7 Å². The summed E-state index contributed by atoms with van der Waals surface area (Å²) in [4.78, 5) is 32.2. The number of anilines is 1. The van der Waals surface area contributed by atoms with Crippen LogP contribution in [-0.2, 0) is 9.59 Å². The summed E-state index contributed by atoms with van der Waals surface area (Å²) in [5.74, 6) is 0.0635. The summed E-state index contributed by atoms with van der Waals surface area (Å²) in [6.07, 6.45) is 1.79. The smallest absolute Gasteiger partial charge is 0.226 e. The second-order valence-electron chi connectivity index (χ2n) is 9.81. The van der Waals surface area contributed by atoms with Gasteiger partial charge in [0.25, 0.3) is 0 Å². The highest BCUT2D eigenvalue weighted by atomic mass is 19.1. The molecular weight excluding hydrogens is 459 g/mol. The quantitative estimate of drug-likeness (QED) is 0.607. The van der Waals surface area contributed by atoms with E-state index in [1.54, 1.807) is 4.90 Å². The van der Waals surface area contributed by atoms with E-state index in [0.717, 1.165) is 56.0 Å². The van der Waals surface area contributed by atoms with E-state index in [1.807, 2.05) is 43.3 Å². The Balaban J connectivity index is 1.32. The van der Waals surface area contributed by atoms with Gasteiger partial charge in [-0.1, -0.05) is 18.2 Å². The zero-order chi connectivity index (χ0) is 25.5. The van der Waals surface area contributed by atoms with Crippen LogP contribution in [0.4, 0.5) is 10.1 Å². The summed E-state index contributed by atoms with van der Waals surface area (Å²) in [7, 11) is 2.10. The third kappa shape index (κ3) is 6.75. The van der Waals surface area contributed by atoms with Gasteiger partial charge in [-0.05, 0) is 57.1 Å². The van der Waals surface area contributed by atoms with Crippen LogP contribution in [0.1, 0.15) is 37.8 Å². The van der Waals surface area contributed by atoms with E-state index in [2.05, 4.69) is 22.2 Å². The molecule has 2 heterocycles. The molecule has 2 unspecified atom stereocenters. The van der Waals surface area contributed by atoms with Gasteiger partial charge >= 0.3 is 0 Å². The third-order valence-electron chi connectivity index (χ3n) is 7.13. The third-order valence-corrected chi connectivity index (χ3v) is 7.13. The monoisotopic (exact) mass is 496 g/mol. The van der Waals surface area contributed by atoms with Crippen molar-refractivity contribution < 1.29 is 18.7 Å². The van der Waals surface area contributed by atoms with Gasteiger partial charge in [0.15, 0.2) is 0 Å². The maximum absolute atomic E-state index is 14.2. The molecule has 2 aliphatic rings. The molecule has 7 nitrogen and oxygen atoms in total. The second-order valence-corrected chi connectivity index (χ2v) is 9.81. The van der Waals surface area contributed by atoms with E-state index in [-0.39, 0.29) is 36.0 Å². The van der Waals surface area contributed by atoms with Gasteiger partial charge in [0.2, 0.25) is 11.8 Å². The van der Waals surface area contributed by atoms with E-state index < -0.39 is 0 Å². The molecule has 0 spiro atoms. The van der Waals surface area contributed by atoms with E-state index >= 15 is 0 Å². The van der Waals surface area contributed by atoms with Crippen molar-refractivity contribution >= 4 is 17.5 Å². The Bertz CT molecular complexity index is 1030. The average molecular weight is 497 g/mol. The molecule has 2 fully saturated rings. The number of halogens is 1. The van der Waals surface area contributed by atoms with E-state index in [0.29, 0.717) is 19.7 Å². The Hall–Kier alpha value is -3.13. The molecule has 0 aliphatic carbocycles. The topological polar surface area (TPSA) is 65.1 Å². The first-order valence-electron chi connectivity index (χ1n) is 12.9. The number of hydrogen-bond donors (Lipinski definition) is 1. The minimum atomic E-state index is -0.340. The summed E-state index contributed by atoms with van der Waals surface area (Å²) in [6.45, 7) is 6.88. The van der Waals surface area contributed by atoms with Crippen molar-refractivity contribution in [2.75, 3.05) is 57.8 Å². The standard InChI is InChI=1S/C28H37FN4O3/c1-21(25-19-23(29)10-11-26(25)32-16-14-31(2)15-17-32)30-28(35)22-7-6-13-33(20-22)27(34)12-18-36-24-8-4-3-5-9-24/h3-5,8-11,19,21-22H,6-7,12-18,20H2,1-2H3,(H,30,35). The SMILES string of the molecule is CC(NC(=O)C1CCCN(C(=O)CCOc2ccccc2)C1)c1cc(F)ccc1N1CCN(C)CC1. The molecule has 4 rings (SSSR count). The first kappa shape index (κ1) is 25.9. The first-order valence-corrected chi connectivity index (χ1v) is 12.9. The molecule has 0 saturated carbocycles. The summed E-state index contributed by atoms with van der Waals surface area (Å²) in [6, 6.07) is 13.9. The number of piperazine rings is 1. The number of rotatable bonds is 8. The molecule has 2 saturated heterocycles. The maximum atomic E-state index is 14.2. The number of amides is 2. The number of carbonyl (C=O) groups is 2. The maximum Gasteiger partial charge on any atom is 0.226 e. The molecule has 194 valence electrons. The Morgan fingerprint density at radius 3 is 2.58 bits per heavy atom. The van der Waals surface area contributed by atoms with E-state index in [9.17, 15) is 14.0 Å². The number of benzene rings is 2. The molecule has 36 heavy (non-hydrogen) atoms. The lowest BCUT2D eigenvalue weighted by Crippen LogP contribution is -2.46. The number of likely N-dealkylation sites (N-methyl/N-ethyl adjacent to an activating group) is 1. The number of likely N-dealkylation sites (tertiary alicyclic amines) is 1. The van der Waals surface area contributed by atoms with Gasteiger partial charge in [0.1, 0.15) is 11.6 Å². The molecule has 2 amide bonds. The Labute approximate surface area is 213 Å². The molecule has 1 N–H and O–H groups in total. The Morgan fingerprint density at radius 1 is 1.08 bits per heavy atom. The van der Waals surface area contributed by atoms with E-state index in [1.165, 1.54) is 12.1 Å². The number of nitrogens with one attached hydrogen (secondary N) is 1. The fraction of sp³-hybridized carbons (Fsp3) is 0.500. The predicted octanol–water partition coefficient (Wildman–Crippen LogP) is 3.46. The molecule has 0 bridgehead atoms. The number of para-hydroxylation sites is 1. The first-order chi connectivity index (χ1) is 17.4. The summed E-state index contributed by atoms with van der Waals surface area (Å²) < 4.78 is 19.8. The van der Waals surface area contributed by atoms with Crippen molar-refractivity contribution in [2.45, 2.75) is 32.2 Å². The van der Waals surface area contributed by atoms with Crippen molar-refractivity contribution in [1.82, 2.24) is 15.1 Å². The molecule has 2 aromatic rings. The van der Waals surface area contributed by atoms with Crippen molar-refractivity contribution in [3.8, 4) is 5.75 Å². The molecule has 8 heteroatoms. The van der Waals surface area contributed by atoms with Crippen LogP contribution in [-0.4, -0.2) is 74.5 Å². The van der Waals surface area contributed by atoms with Crippen LogP contribution >= 0.6 is 0 Å². The van der Waals surface area contributed by atoms with Gasteiger partial charge in [-0.3, -0.25) is 9.59 Å². The summed E-state index contributed by atoms with van der Waals surface area (Å²) in [5, 5.41) is 3.10. The van der Waals surface area contributed by atoms with Gasteiger partial charge in [-0.15, -0.1) is 0 Å². The molecule has 2 atom stereocenters. The highest BCUT2D eigenvalue weighted by Gasteiger charge is 2.30. The molecular formula is C28H37FN4O3. The van der Waals surface area contributed by atoms with Crippen LogP contribution in [0.5, 0.6) is 5.75 Å². The van der Waals surface area contributed by atoms with Gasteiger partial charge in [0.05, 0.1) is 25.0 Å². The largest absolute Gasteiger partial charge is 0.493 e. The molecule has 0 radical (unpaired) electrons. The van der Waals surface area contributed by atoms with Crippen LogP contribution in [0.3, 0.4) is 0 Å². The average Bonchev–Trinajstić information content (AvgIpc) is 2.90. The number of ether oxygens (including phenoxy) is 1. The lowest BCUT2D eigenvalue weighted by atomic mass is 9.95. The summed E-state index contributed by atoms with van der Waals surface area (Å²) in [5.41, 5.74) is 1.76. The highest BCUT2D eigenvalue weighted by Crippen LogP contribution is 2.29. The van der Waals surface area contributed by atoms with Gasteiger partial charge in [0, 0.05) is 50.5 Å². The zero-order valence-corrected chi connectivity index (χ0v) is 21.3. The number of carbonyl (C=O) groups excluding carboxylic acids is 2. The normalized spacial score (nSPS) is 19.6. The molecule has 2 aliphatic heterocycles. The van der Waals surface area contributed by atoms with E-state index in [4.69, 9.17) is 4.74 Å². The fourth-order valence-corrected chi connectivity index (χ4v) is 4.97. The van der Waals surface area contributed by atoms with Crippen molar-refractivity contribution in [2.24, 2.45) is 5.92 Å². The van der Waals surface area contributed by atoms with Gasteiger partial charge in [-0.25, -0.2) is 4.39 Å². The van der Waals surface area contributed by atoms with Gasteiger partial charge < -0.3 is 24.8 Å². The van der Waals surface area contributed by atoms with Crippen LogP contribution in [0.25, 0.3) is 0 Å². The van der Waals surface area contributed by atoms with Crippen molar-refractivity contribution in [1.29, 1.82) is 0 Å². The minimum Gasteiger partial charge on any atom is -0.493 e. The number of hydrogen-bond acceptors (Lipinski definition) is 5. The predicted molar refractivity (Wildman–Crippen MR) is 139 cm³/mol. The zero-order valence-electron chi connectivity index (χ0n) is 21.3. The lowest BCUT2D eigenvalue weighted by Gasteiger charge is -2.36. The van der Waals surface area contributed by atoms with Crippen molar-refractivity contribution in [3.63, 3.8) is 0 Å². The highest BCUT2D eigenvalue weighted by molar-refractivity contribution is 5.82. The number of piperidine rings is 1. The molecule has 0 aromatic heterocycles. The van der Waals surface area contributed by atoms with Crippen molar-refractivity contribution in [3.05, 3.63) is 59.9 Å². The lowest BCUT2D eigenvalue weighted by molar-refractivity contribution is -0.136. The fourth-order valence-electron chi connectivity index (χ4n) is 4.97. The van der Waals surface area contributed by atoms with Crippen LogP contribution in [0.15, 0.2) is 48.5 Å². The van der Waals surface area contributed by atoms with Crippen LogP contribution < -0.4 is 15.0 Å². The molecule has 2 aromatic carbocycles. The second kappa shape index (κ2) is 12.2. The number of nitrogens with zero attached hydrogens (tertiary/aromatic N) is 3. The summed E-state index contributed by atoms with van der Waals surface area (Å²) >= 11 is 0. The minimum absolute atomic E-state index is 0.000960. The Morgan fingerprint density at radius 2 is 1.83 bits per heavy atom. The Kier molecular flexibility index (Phi) is 8.80.